The first kappa shape index (κ1) is 17.0. The summed E-state index contributed by atoms with van der Waals surface area (Å²) in [5, 5.41) is 14.2. The van der Waals surface area contributed by atoms with Crippen molar-refractivity contribution in [1.29, 1.82) is 0 Å². The van der Waals surface area contributed by atoms with Crippen molar-refractivity contribution in [1.82, 2.24) is 5.32 Å². The molecular weight excluding hydrogens is 348 g/mol. The third kappa shape index (κ3) is 4.00. The number of nitro groups is 1. The monoisotopic (exact) mass is 362 g/mol. The lowest BCUT2D eigenvalue weighted by Crippen LogP contribution is -2.35. The molecule has 1 atom stereocenters. The average molecular weight is 363 g/mol. The van der Waals surface area contributed by atoms with Crippen LogP contribution in [0.15, 0.2) is 42.5 Å². The van der Waals surface area contributed by atoms with Crippen LogP contribution in [0.2, 0.25) is 5.02 Å². The van der Waals surface area contributed by atoms with Gasteiger partial charge >= 0.3 is 5.69 Å². The molecule has 0 saturated carbocycles. The van der Waals surface area contributed by atoms with E-state index < -0.39 is 4.92 Å². The second-order valence-electron chi connectivity index (χ2n) is 5.45. The molecule has 1 amide bonds. The number of ether oxygens (including phenoxy) is 2. The van der Waals surface area contributed by atoms with Gasteiger partial charge in [-0.2, -0.15) is 0 Å². The quantitative estimate of drug-likeness (QED) is 0.651. The Bertz CT molecular complexity index is 811. The van der Waals surface area contributed by atoms with Crippen LogP contribution in [-0.4, -0.2) is 24.0 Å². The fourth-order valence-electron chi connectivity index (χ4n) is 2.63. The van der Waals surface area contributed by atoms with Crippen molar-refractivity contribution in [2.24, 2.45) is 0 Å². The largest absolute Gasteiger partial charge is 0.493 e. The maximum absolute atomic E-state index is 12.2. The Morgan fingerprint density at radius 3 is 2.96 bits per heavy atom. The van der Waals surface area contributed by atoms with Crippen LogP contribution in [0.3, 0.4) is 0 Å². The number of hydrogen-bond acceptors (Lipinski definition) is 5. The van der Waals surface area contributed by atoms with E-state index in [2.05, 4.69) is 5.32 Å². The molecule has 0 spiro atoms. The van der Waals surface area contributed by atoms with Crippen molar-refractivity contribution in [3.8, 4) is 11.5 Å². The average Bonchev–Trinajstić information content (AvgIpc) is 2.60. The summed E-state index contributed by atoms with van der Waals surface area (Å²) in [6.45, 7) is 0.156. The summed E-state index contributed by atoms with van der Waals surface area (Å²) in [6.07, 6.45) is 0.639. The molecule has 1 N–H and O–H groups in total. The summed E-state index contributed by atoms with van der Waals surface area (Å²) in [4.78, 5) is 22.6. The molecule has 2 aromatic rings. The first-order chi connectivity index (χ1) is 12.0. The number of nitrogens with zero attached hydrogens (tertiary/aromatic N) is 1. The number of carbonyl (C=O) groups is 1. The van der Waals surface area contributed by atoms with Gasteiger partial charge in [-0.15, -0.1) is 0 Å². The molecule has 0 radical (unpaired) electrons. The van der Waals surface area contributed by atoms with Crippen LogP contribution in [0.5, 0.6) is 11.5 Å². The molecule has 2 aromatic carbocycles. The molecule has 0 aliphatic carbocycles. The van der Waals surface area contributed by atoms with E-state index in [0.29, 0.717) is 18.1 Å². The highest BCUT2D eigenvalue weighted by Crippen LogP contribution is 2.32. The summed E-state index contributed by atoms with van der Waals surface area (Å²) >= 11 is 5.83. The van der Waals surface area contributed by atoms with E-state index >= 15 is 0 Å². The molecule has 0 bridgehead atoms. The Morgan fingerprint density at radius 2 is 2.16 bits per heavy atom. The number of carbonyl (C=O) groups excluding carboxylic acids is 1. The normalized spacial score (nSPS) is 15.6. The molecular formula is C17H15ClN2O5. The minimum Gasteiger partial charge on any atom is -0.493 e. The molecule has 25 heavy (non-hydrogen) atoms. The Hall–Kier alpha value is -2.80. The van der Waals surface area contributed by atoms with Crippen LogP contribution in [0.4, 0.5) is 5.69 Å². The summed E-state index contributed by atoms with van der Waals surface area (Å²) in [7, 11) is 0. The Labute approximate surface area is 148 Å². The number of halogens is 1. The molecule has 8 heteroatoms. The van der Waals surface area contributed by atoms with Crippen molar-refractivity contribution in [3.63, 3.8) is 0 Å². The van der Waals surface area contributed by atoms with Crippen LogP contribution in [-0.2, 0) is 4.79 Å². The molecule has 7 nitrogen and oxygen atoms in total. The first-order valence-electron chi connectivity index (χ1n) is 7.62. The summed E-state index contributed by atoms with van der Waals surface area (Å²) in [6, 6.07) is 11.2. The van der Waals surface area contributed by atoms with Crippen molar-refractivity contribution in [2.45, 2.75) is 12.5 Å². The van der Waals surface area contributed by atoms with E-state index in [9.17, 15) is 14.9 Å². The summed E-state index contributed by atoms with van der Waals surface area (Å²) in [5.41, 5.74) is 0.657. The lowest BCUT2D eigenvalue weighted by molar-refractivity contribution is -0.385. The van der Waals surface area contributed by atoms with Crippen LogP contribution in [0, 0.1) is 10.1 Å². The summed E-state index contributed by atoms with van der Waals surface area (Å²) < 4.78 is 10.8. The smallest absolute Gasteiger partial charge is 0.311 e. The van der Waals surface area contributed by atoms with Crippen molar-refractivity contribution in [2.75, 3.05) is 13.2 Å². The molecule has 1 aliphatic heterocycles. The van der Waals surface area contributed by atoms with Crippen LogP contribution in [0.25, 0.3) is 0 Å². The fraction of sp³-hybridized carbons (Fsp3) is 0.235. The third-order valence-corrected chi connectivity index (χ3v) is 4.01. The van der Waals surface area contributed by atoms with E-state index in [1.165, 1.54) is 18.2 Å². The van der Waals surface area contributed by atoms with Gasteiger partial charge in [-0.3, -0.25) is 14.9 Å². The van der Waals surface area contributed by atoms with Gasteiger partial charge in [-0.05, 0) is 12.1 Å². The van der Waals surface area contributed by atoms with Gasteiger partial charge in [-0.1, -0.05) is 29.8 Å². The van der Waals surface area contributed by atoms with Crippen LogP contribution in [0.1, 0.15) is 18.0 Å². The molecule has 1 aliphatic rings. The number of nitro benzene ring substituents is 1. The topological polar surface area (TPSA) is 90.7 Å². The zero-order valence-corrected chi connectivity index (χ0v) is 13.9. The molecule has 0 fully saturated rings. The molecule has 1 heterocycles. The fourth-order valence-corrected chi connectivity index (χ4v) is 2.79. The Kier molecular flexibility index (Phi) is 5.04. The second-order valence-corrected chi connectivity index (χ2v) is 5.89. The number of nitrogens with one attached hydrogen (secondary N) is 1. The Morgan fingerprint density at radius 1 is 1.36 bits per heavy atom. The molecule has 1 unspecified atom stereocenters. The minimum atomic E-state index is -0.585. The van der Waals surface area contributed by atoms with E-state index in [-0.39, 0.29) is 30.0 Å². The number of hydrogen-bond donors (Lipinski definition) is 1. The van der Waals surface area contributed by atoms with Gasteiger partial charge in [0.25, 0.3) is 5.91 Å². The SMILES string of the molecule is O=C(COc1cc(Cl)ccc1[N+](=O)[O-])NC1CCOc2ccccc21. The van der Waals surface area contributed by atoms with Crippen molar-refractivity contribution in [3.05, 3.63) is 63.2 Å². The zero-order chi connectivity index (χ0) is 17.8. The summed E-state index contributed by atoms with van der Waals surface area (Å²) in [5.74, 6) is 0.321. The lowest BCUT2D eigenvalue weighted by Gasteiger charge is -2.26. The van der Waals surface area contributed by atoms with Gasteiger partial charge in [0.15, 0.2) is 12.4 Å². The maximum atomic E-state index is 12.2. The first-order valence-corrected chi connectivity index (χ1v) is 8.00. The number of benzene rings is 2. The highest BCUT2D eigenvalue weighted by atomic mass is 35.5. The maximum Gasteiger partial charge on any atom is 0.311 e. The zero-order valence-electron chi connectivity index (χ0n) is 13.1. The van der Waals surface area contributed by atoms with E-state index in [4.69, 9.17) is 21.1 Å². The van der Waals surface area contributed by atoms with Crippen molar-refractivity contribution < 1.29 is 19.2 Å². The van der Waals surface area contributed by atoms with Gasteiger partial charge in [0.2, 0.25) is 0 Å². The van der Waals surface area contributed by atoms with Crippen molar-refractivity contribution >= 4 is 23.2 Å². The lowest BCUT2D eigenvalue weighted by atomic mass is 10.0. The molecule has 0 aromatic heterocycles. The predicted molar refractivity (Wildman–Crippen MR) is 91.0 cm³/mol. The standard InChI is InChI=1S/C17H15ClN2O5/c18-11-5-6-14(20(22)23)16(9-11)25-10-17(21)19-13-7-8-24-15-4-2-1-3-12(13)15/h1-6,9,13H,7-8,10H2,(H,19,21). The van der Waals surface area contributed by atoms with Gasteiger partial charge in [0.1, 0.15) is 5.75 Å². The second kappa shape index (κ2) is 7.40. The number of fused-ring (bicyclic) bond motifs is 1. The molecule has 3 rings (SSSR count). The van der Waals surface area contributed by atoms with E-state index in [0.717, 1.165) is 11.3 Å². The highest BCUT2D eigenvalue weighted by molar-refractivity contribution is 6.30. The Balaban J connectivity index is 1.65. The number of rotatable bonds is 5. The predicted octanol–water partition coefficient (Wildman–Crippen LogP) is 3.27. The highest BCUT2D eigenvalue weighted by Gasteiger charge is 2.23. The van der Waals surface area contributed by atoms with Gasteiger partial charge < -0.3 is 14.8 Å². The minimum absolute atomic E-state index is 0.0416. The van der Waals surface area contributed by atoms with Crippen LogP contribution < -0.4 is 14.8 Å². The van der Waals surface area contributed by atoms with Crippen LogP contribution >= 0.6 is 11.6 Å². The molecule has 0 saturated heterocycles. The number of para-hydroxylation sites is 1. The number of amides is 1. The van der Waals surface area contributed by atoms with E-state index in [1.807, 2.05) is 24.3 Å². The van der Waals surface area contributed by atoms with Gasteiger partial charge in [0, 0.05) is 29.1 Å². The van der Waals surface area contributed by atoms with Gasteiger partial charge in [0.05, 0.1) is 17.6 Å². The molecule has 130 valence electrons. The van der Waals surface area contributed by atoms with E-state index in [1.54, 1.807) is 0 Å². The van der Waals surface area contributed by atoms with Gasteiger partial charge in [-0.25, -0.2) is 0 Å². The third-order valence-electron chi connectivity index (χ3n) is 3.77.